The monoisotopic (exact) mass is 355 g/mol. The Balaban J connectivity index is 1.39. The van der Waals surface area contributed by atoms with Crippen LogP contribution in [0.4, 0.5) is 0 Å². The van der Waals surface area contributed by atoms with Crippen LogP contribution in [0.3, 0.4) is 0 Å². The first-order valence-corrected chi connectivity index (χ1v) is 9.03. The molecule has 0 saturated heterocycles. The lowest BCUT2D eigenvalue weighted by molar-refractivity contribution is -0.130. The van der Waals surface area contributed by atoms with Crippen LogP contribution in [0.2, 0.25) is 0 Å². The molecule has 1 amide bonds. The second-order valence-corrected chi connectivity index (χ2v) is 6.57. The van der Waals surface area contributed by atoms with Gasteiger partial charge in [0.15, 0.2) is 11.5 Å². The minimum atomic E-state index is -0.600. The lowest BCUT2D eigenvalue weighted by Gasteiger charge is -2.25. The molecule has 0 spiro atoms. The molecule has 138 valence electrons. The molecule has 26 heavy (non-hydrogen) atoms. The van der Waals surface area contributed by atoms with Gasteiger partial charge in [0, 0.05) is 6.54 Å². The largest absolute Gasteiger partial charge is 0.491 e. The maximum Gasteiger partial charge on any atom is 0.264 e. The molecule has 1 aliphatic heterocycles. The SMILES string of the molecule is CC(C)Oc1ccc(CCCNC(=O)C2COc3ccccc3O2)cc1. The molecule has 0 fully saturated rings. The van der Waals surface area contributed by atoms with E-state index in [1.165, 1.54) is 5.56 Å². The maximum atomic E-state index is 12.2. The molecule has 2 aromatic rings. The number of rotatable bonds is 7. The summed E-state index contributed by atoms with van der Waals surface area (Å²) in [5, 5.41) is 2.92. The van der Waals surface area contributed by atoms with Crippen molar-refractivity contribution in [3.05, 3.63) is 54.1 Å². The molecule has 0 aliphatic carbocycles. The van der Waals surface area contributed by atoms with Crippen molar-refractivity contribution in [2.75, 3.05) is 13.2 Å². The van der Waals surface area contributed by atoms with Crippen LogP contribution < -0.4 is 19.5 Å². The van der Waals surface area contributed by atoms with Gasteiger partial charge in [-0.15, -0.1) is 0 Å². The minimum absolute atomic E-state index is 0.139. The van der Waals surface area contributed by atoms with Crippen LogP contribution in [0.5, 0.6) is 17.2 Å². The second-order valence-electron chi connectivity index (χ2n) is 6.57. The van der Waals surface area contributed by atoms with Gasteiger partial charge in [0.2, 0.25) is 6.10 Å². The van der Waals surface area contributed by atoms with Gasteiger partial charge < -0.3 is 19.5 Å². The van der Waals surface area contributed by atoms with E-state index in [1.54, 1.807) is 6.07 Å². The predicted molar refractivity (Wildman–Crippen MR) is 99.9 cm³/mol. The predicted octanol–water partition coefficient (Wildman–Crippen LogP) is 3.36. The van der Waals surface area contributed by atoms with Crippen LogP contribution in [0, 0.1) is 0 Å². The van der Waals surface area contributed by atoms with E-state index < -0.39 is 6.10 Å². The third kappa shape index (κ3) is 4.91. The Bertz CT molecular complexity index is 727. The highest BCUT2D eigenvalue weighted by Gasteiger charge is 2.26. The number of hydrogen-bond acceptors (Lipinski definition) is 4. The lowest BCUT2D eigenvalue weighted by Crippen LogP contribution is -2.44. The standard InChI is InChI=1S/C21H25NO4/c1-15(2)25-17-11-9-16(10-12-17)6-5-13-22-21(23)20-14-24-18-7-3-4-8-19(18)26-20/h3-4,7-12,15,20H,5-6,13-14H2,1-2H3,(H,22,23). The van der Waals surface area contributed by atoms with Crippen molar-refractivity contribution in [2.45, 2.75) is 38.9 Å². The molecule has 0 aromatic heterocycles. The van der Waals surface area contributed by atoms with Crippen molar-refractivity contribution in [3.63, 3.8) is 0 Å². The molecule has 3 rings (SSSR count). The van der Waals surface area contributed by atoms with Gasteiger partial charge in [-0.3, -0.25) is 4.79 Å². The third-order valence-electron chi connectivity index (χ3n) is 4.04. The van der Waals surface area contributed by atoms with Gasteiger partial charge in [0.05, 0.1) is 6.10 Å². The molecule has 1 N–H and O–H groups in total. The molecule has 1 heterocycles. The molecule has 1 aliphatic rings. The Morgan fingerprint density at radius 2 is 1.88 bits per heavy atom. The molecule has 0 bridgehead atoms. The fraction of sp³-hybridized carbons (Fsp3) is 0.381. The van der Waals surface area contributed by atoms with Crippen LogP contribution in [0.1, 0.15) is 25.8 Å². The number of amides is 1. The van der Waals surface area contributed by atoms with E-state index in [-0.39, 0.29) is 18.6 Å². The van der Waals surface area contributed by atoms with Crippen molar-refractivity contribution in [1.29, 1.82) is 0 Å². The smallest absolute Gasteiger partial charge is 0.264 e. The Morgan fingerprint density at radius 3 is 2.62 bits per heavy atom. The highest BCUT2D eigenvalue weighted by atomic mass is 16.6. The van der Waals surface area contributed by atoms with Crippen molar-refractivity contribution >= 4 is 5.91 Å². The van der Waals surface area contributed by atoms with E-state index in [4.69, 9.17) is 14.2 Å². The summed E-state index contributed by atoms with van der Waals surface area (Å²) in [6, 6.07) is 15.5. The van der Waals surface area contributed by atoms with E-state index in [2.05, 4.69) is 17.4 Å². The van der Waals surface area contributed by atoms with Crippen LogP contribution in [-0.2, 0) is 11.2 Å². The Hall–Kier alpha value is -2.69. The van der Waals surface area contributed by atoms with E-state index in [1.807, 2.05) is 44.2 Å². The van der Waals surface area contributed by atoms with Crippen LogP contribution in [0.15, 0.2) is 48.5 Å². The van der Waals surface area contributed by atoms with Crippen LogP contribution in [-0.4, -0.2) is 31.3 Å². The zero-order chi connectivity index (χ0) is 18.4. The molecular weight excluding hydrogens is 330 g/mol. The molecule has 1 unspecified atom stereocenters. The van der Waals surface area contributed by atoms with Crippen molar-refractivity contribution in [1.82, 2.24) is 5.32 Å². The number of hydrogen-bond donors (Lipinski definition) is 1. The van der Waals surface area contributed by atoms with Gasteiger partial charge in [-0.1, -0.05) is 24.3 Å². The molecule has 1 atom stereocenters. The number of para-hydroxylation sites is 2. The van der Waals surface area contributed by atoms with Gasteiger partial charge in [0.1, 0.15) is 12.4 Å². The number of nitrogens with one attached hydrogen (secondary N) is 1. The molecular formula is C21H25NO4. The quantitative estimate of drug-likeness (QED) is 0.774. The zero-order valence-electron chi connectivity index (χ0n) is 15.2. The van der Waals surface area contributed by atoms with Gasteiger partial charge >= 0.3 is 0 Å². The number of carbonyl (C=O) groups is 1. The minimum Gasteiger partial charge on any atom is -0.491 e. The molecule has 5 nitrogen and oxygen atoms in total. The molecule has 5 heteroatoms. The van der Waals surface area contributed by atoms with Crippen LogP contribution >= 0.6 is 0 Å². The lowest BCUT2D eigenvalue weighted by atomic mass is 10.1. The Kier molecular flexibility index (Phi) is 6.00. The zero-order valence-corrected chi connectivity index (χ0v) is 15.2. The van der Waals surface area contributed by atoms with Gasteiger partial charge in [-0.05, 0) is 56.5 Å². The summed E-state index contributed by atoms with van der Waals surface area (Å²) in [4.78, 5) is 12.2. The van der Waals surface area contributed by atoms with Crippen LogP contribution in [0.25, 0.3) is 0 Å². The van der Waals surface area contributed by atoms with Crippen molar-refractivity contribution in [3.8, 4) is 17.2 Å². The average molecular weight is 355 g/mol. The van der Waals surface area contributed by atoms with E-state index >= 15 is 0 Å². The van der Waals surface area contributed by atoms with E-state index in [0.29, 0.717) is 18.0 Å². The highest BCUT2D eigenvalue weighted by Crippen LogP contribution is 2.30. The maximum absolute atomic E-state index is 12.2. The van der Waals surface area contributed by atoms with E-state index in [9.17, 15) is 4.79 Å². The fourth-order valence-corrected chi connectivity index (χ4v) is 2.77. The Morgan fingerprint density at radius 1 is 1.15 bits per heavy atom. The Labute approximate surface area is 154 Å². The normalized spacial score (nSPS) is 15.6. The van der Waals surface area contributed by atoms with Crippen molar-refractivity contribution in [2.24, 2.45) is 0 Å². The third-order valence-corrected chi connectivity index (χ3v) is 4.04. The number of carbonyl (C=O) groups excluding carboxylic acids is 1. The highest BCUT2D eigenvalue weighted by molar-refractivity contribution is 5.81. The van der Waals surface area contributed by atoms with Gasteiger partial charge in [-0.2, -0.15) is 0 Å². The van der Waals surface area contributed by atoms with Gasteiger partial charge in [0.25, 0.3) is 5.91 Å². The first-order valence-electron chi connectivity index (χ1n) is 9.03. The average Bonchev–Trinajstić information content (AvgIpc) is 2.65. The number of benzene rings is 2. The van der Waals surface area contributed by atoms with Gasteiger partial charge in [-0.25, -0.2) is 0 Å². The molecule has 0 saturated carbocycles. The van der Waals surface area contributed by atoms with Crippen molar-refractivity contribution < 1.29 is 19.0 Å². The second kappa shape index (κ2) is 8.61. The fourth-order valence-electron chi connectivity index (χ4n) is 2.77. The molecule has 0 radical (unpaired) electrons. The summed E-state index contributed by atoms with van der Waals surface area (Å²) >= 11 is 0. The summed E-state index contributed by atoms with van der Waals surface area (Å²) in [5.74, 6) is 2.04. The summed E-state index contributed by atoms with van der Waals surface area (Å²) in [5.41, 5.74) is 1.22. The summed E-state index contributed by atoms with van der Waals surface area (Å²) in [7, 11) is 0. The van der Waals surface area contributed by atoms with E-state index in [0.717, 1.165) is 18.6 Å². The number of fused-ring (bicyclic) bond motifs is 1. The number of aryl methyl sites for hydroxylation is 1. The topological polar surface area (TPSA) is 56.8 Å². The number of ether oxygens (including phenoxy) is 3. The first kappa shape index (κ1) is 18.1. The summed E-state index contributed by atoms with van der Waals surface area (Å²) < 4.78 is 16.9. The summed E-state index contributed by atoms with van der Waals surface area (Å²) in [6.07, 6.45) is 1.33. The molecule has 2 aromatic carbocycles. The first-order chi connectivity index (χ1) is 12.6. The summed E-state index contributed by atoms with van der Waals surface area (Å²) in [6.45, 7) is 4.86.